The van der Waals surface area contributed by atoms with Crippen LogP contribution in [0.4, 0.5) is 4.79 Å². The van der Waals surface area contributed by atoms with Crippen molar-refractivity contribution in [3.05, 3.63) is 53.6 Å². The van der Waals surface area contributed by atoms with Crippen LogP contribution < -0.4 is 5.32 Å². The maximum absolute atomic E-state index is 12.1. The highest BCUT2D eigenvalue weighted by molar-refractivity contribution is 6.31. The fraction of sp³-hybridized carbons (Fsp3) is 0.0667. The van der Waals surface area contributed by atoms with E-state index >= 15 is 0 Å². The first-order chi connectivity index (χ1) is 10.4. The Bertz CT molecular complexity index is 703. The van der Waals surface area contributed by atoms with Crippen LogP contribution in [0.3, 0.4) is 0 Å². The Balaban J connectivity index is 2.34. The predicted octanol–water partition coefficient (Wildman–Crippen LogP) is 1.03. The number of amides is 4. The number of hydrogen-bond donors (Lipinski definition) is 2. The van der Waals surface area contributed by atoms with Crippen molar-refractivity contribution in [3.63, 3.8) is 0 Å². The molecular formula is C15H12N2O5. The maximum Gasteiger partial charge on any atom is 0.335 e. The summed E-state index contributed by atoms with van der Waals surface area (Å²) >= 11 is 0. The van der Waals surface area contributed by atoms with Gasteiger partial charge in [-0.1, -0.05) is 18.2 Å². The minimum atomic E-state index is -1.08. The van der Waals surface area contributed by atoms with Gasteiger partial charge < -0.3 is 5.11 Å². The molecule has 4 amide bonds. The van der Waals surface area contributed by atoms with Gasteiger partial charge in [0.05, 0.1) is 5.56 Å². The summed E-state index contributed by atoms with van der Waals surface area (Å²) < 4.78 is 0. The molecule has 1 aromatic carbocycles. The van der Waals surface area contributed by atoms with Gasteiger partial charge in [0.1, 0.15) is 5.57 Å². The van der Waals surface area contributed by atoms with Gasteiger partial charge in [0.15, 0.2) is 0 Å². The molecule has 1 aromatic rings. The van der Waals surface area contributed by atoms with Crippen LogP contribution in [0.1, 0.15) is 15.9 Å². The molecule has 22 heavy (non-hydrogen) atoms. The highest BCUT2D eigenvalue weighted by Gasteiger charge is 2.34. The highest BCUT2D eigenvalue weighted by Crippen LogP contribution is 2.15. The smallest absolute Gasteiger partial charge is 0.335 e. The van der Waals surface area contributed by atoms with E-state index in [1.54, 1.807) is 0 Å². The molecule has 7 nitrogen and oxygen atoms in total. The van der Waals surface area contributed by atoms with Crippen molar-refractivity contribution in [2.75, 3.05) is 6.54 Å². The number of rotatable bonds is 4. The van der Waals surface area contributed by atoms with E-state index in [4.69, 9.17) is 5.11 Å². The van der Waals surface area contributed by atoms with Gasteiger partial charge in [0.2, 0.25) is 0 Å². The lowest BCUT2D eigenvalue weighted by molar-refractivity contribution is -0.129. The molecule has 1 fully saturated rings. The van der Waals surface area contributed by atoms with Gasteiger partial charge in [-0.25, -0.2) is 9.59 Å². The second-order valence-corrected chi connectivity index (χ2v) is 4.45. The van der Waals surface area contributed by atoms with Crippen LogP contribution >= 0.6 is 0 Å². The summed E-state index contributed by atoms with van der Waals surface area (Å²) in [6.45, 7) is 3.42. The third-order valence-corrected chi connectivity index (χ3v) is 2.97. The van der Waals surface area contributed by atoms with Gasteiger partial charge >= 0.3 is 12.0 Å². The quantitative estimate of drug-likeness (QED) is 0.491. The third kappa shape index (κ3) is 2.93. The Morgan fingerprint density at radius 1 is 1.23 bits per heavy atom. The molecular weight excluding hydrogens is 288 g/mol. The first kappa shape index (κ1) is 15.2. The van der Waals surface area contributed by atoms with Crippen LogP contribution in [0.15, 0.2) is 42.5 Å². The first-order valence-electron chi connectivity index (χ1n) is 6.27. The number of nitrogens with zero attached hydrogens (tertiary/aromatic N) is 1. The second-order valence-electron chi connectivity index (χ2n) is 4.45. The van der Waals surface area contributed by atoms with Gasteiger partial charge in [0.25, 0.3) is 11.8 Å². The van der Waals surface area contributed by atoms with E-state index in [0.717, 1.165) is 4.90 Å². The number of carbonyl (C=O) groups excluding carboxylic acids is 3. The standard InChI is InChI=1S/C15H12N2O5/c1-2-7-17-13(19)11(12(18)16-15(17)22)8-9-3-5-10(6-4-9)14(20)21/h2-6,8H,1,7H2,(H,20,21)(H,16,18,22)/b11-8+. The lowest BCUT2D eigenvalue weighted by Gasteiger charge is -2.25. The van der Waals surface area contributed by atoms with Crippen molar-refractivity contribution in [2.24, 2.45) is 0 Å². The molecule has 1 aliphatic rings. The zero-order valence-electron chi connectivity index (χ0n) is 11.4. The van der Waals surface area contributed by atoms with Gasteiger partial charge in [-0.05, 0) is 23.8 Å². The van der Waals surface area contributed by atoms with Gasteiger partial charge in [-0.15, -0.1) is 6.58 Å². The molecule has 7 heteroatoms. The van der Waals surface area contributed by atoms with E-state index in [0.29, 0.717) is 5.56 Å². The van der Waals surface area contributed by atoms with E-state index in [2.05, 4.69) is 11.9 Å². The van der Waals surface area contributed by atoms with Crippen molar-refractivity contribution in [3.8, 4) is 0 Å². The Morgan fingerprint density at radius 3 is 2.41 bits per heavy atom. The Morgan fingerprint density at radius 2 is 1.86 bits per heavy atom. The lowest BCUT2D eigenvalue weighted by Crippen LogP contribution is -2.54. The predicted molar refractivity (Wildman–Crippen MR) is 76.8 cm³/mol. The average Bonchev–Trinajstić information content (AvgIpc) is 2.48. The van der Waals surface area contributed by atoms with Crippen molar-refractivity contribution < 1.29 is 24.3 Å². The fourth-order valence-electron chi connectivity index (χ4n) is 1.88. The van der Waals surface area contributed by atoms with Crippen LogP contribution in [0, 0.1) is 0 Å². The van der Waals surface area contributed by atoms with Gasteiger partial charge in [-0.3, -0.25) is 19.8 Å². The molecule has 112 valence electrons. The van der Waals surface area contributed by atoms with Gasteiger partial charge in [-0.2, -0.15) is 0 Å². The van der Waals surface area contributed by atoms with E-state index in [1.165, 1.54) is 36.4 Å². The lowest BCUT2D eigenvalue weighted by atomic mass is 10.1. The van der Waals surface area contributed by atoms with Crippen LogP contribution in [-0.2, 0) is 9.59 Å². The molecule has 0 bridgehead atoms. The molecule has 0 radical (unpaired) electrons. The number of carbonyl (C=O) groups is 4. The Labute approximate surface area is 125 Å². The van der Waals surface area contributed by atoms with Gasteiger partial charge in [0, 0.05) is 6.54 Å². The molecule has 2 rings (SSSR count). The van der Waals surface area contributed by atoms with Crippen molar-refractivity contribution >= 4 is 29.9 Å². The molecule has 0 spiro atoms. The molecule has 2 N–H and O–H groups in total. The summed E-state index contributed by atoms with van der Waals surface area (Å²) in [5.41, 5.74) is 0.353. The topological polar surface area (TPSA) is 104 Å². The molecule has 0 aliphatic carbocycles. The zero-order valence-corrected chi connectivity index (χ0v) is 11.4. The summed E-state index contributed by atoms with van der Waals surface area (Å²) in [4.78, 5) is 47.1. The molecule has 1 saturated heterocycles. The number of benzene rings is 1. The van der Waals surface area contributed by atoms with E-state index < -0.39 is 23.8 Å². The average molecular weight is 300 g/mol. The normalized spacial score (nSPS) is 16.6. The van der Waals surface area contributed by atoms with E-state index in [1.807, 2.05) is 0 Å². The summed E-state index contributed by atoms with van der Waals surface area (Å²) in [7, 11) is 0. The fourth-order valence-corrected chi connectivity index (χ4v) is 1.88. The van der Waals surface area contributed by atoms with Crippen LogP contribution in [0.5, 0.6) is 0 Å². The Hall–Kier alpha value is -3.22. The minimum Gasteiger partial charge on any atom is -0.478 e. The number of carboxylic acid groups (broad SMARTS) is 1. The molecule has 1 aliphatic heterocycles. The van der Waals surface area contributed by atoms with Crippen LogP contribution in [-0.4, -0.2) is 40.4 Å². The third-order valence-electron chi connectivity index (χ3n) is 2.97. The van der Waals surface area contributed by atoms with Crippen molar-refractivity contribution in [1.29, 1.82) is 0 Å². The van der Waals surface area contributed by atoms with Crippen LogP contribution in [0.25, 0.3) is 6.08 Å². The second kappa shape index (κ2) is 6.04. The minimum absolute atomic E-state index is 0.0206. The van der Waals surface area contributed by atoms with E-state index in [-0.39, 0.29) is 17.7 Å². The number of hydrogen-bond acceptors (Lipinski definition) is 4. The number of aromatic carboxylic acids is 1. The molecule has 0 saturated carbocycles. The monoisotopic (exact) mass is 300 g/mol. The zero-order chi connectivity index (χ0) is 16.3. The van der Waals surface area contributed by atoms with Crippen molar-refractivity contribution in [1.82, 2.24) is 10.2 Å². The highest BCUT2D eigenvalue weighted by atomic mass is 16.4. The summed E-state index contributed by atoms with van der Waals surface area (Å²) in [6.07, 6.45) is 2.67. The SMILES string of the molecule is C=CCN1C(=O)NC(=O)/C(=C\c2ccc(C(=O)O)cc2)C1=O. The maximum atomic E-state index is 12.1. The largest absolute Gasteiger partial charge is 0.478 e. The number of urea groups is 1. The van der Waals surface area contributed by atoms with Crippen LogP contribution in [0.2, 0.25) is 0 Å². The Kier molecular flexibility index (Phi) is 4.17. The first-order valence-corrected chi connectivity index (χ1v) is 6.27. The molecule has 1 heterocycles. The number of nitrogens with one attached hydrogen (secondary N) is 1. The molecule has 0 atom stereocenters. The number of carboxylic acids is 1. The summed E-state index contributed by atoms with van der Waals surface area (Å²) in [5, 5.41) is 10.9. The number of imide groups is 2. The number of barbiturate groups is 1. The molecule has 0 aromatic heterocycles. The molecule has 0 unspecified atom stereocenters. The summed E-state index contributed by atoms with van der Waals surface area (Å²) in [5.74, 6) is -2.60. The van der Waals surface area contributed by atoms with Crippen molar-refractivity contribution in [2.45, 2.75) is 0 Å². The summed E-state index contributed by atoms with van der Waals surface area (Å²) in [6, 6.07) is 4.84. The van der Waals surface area contributed by atoms with E-state index in [9.17, 15) is 19.2 Å².